The molecule has 0 unspecified atom stereocenters. The molecule has 0 aliphatic rings. The molecule has 0 radical (unpaired) electrons. The summed E-state index contributed by atoms with van der Waals surface area (Å²) < 4.78 is 0. The van der Waals surface area contributed by atoms with E-state index in [0.29, 0.717) is 0 Å². The van der Waals surface area contributed by atoms with E-state index in [-0.39, 0.29) is 0 Å². The number of hydrogen-bond acceptors (Lipinski definition) is 2. The molecule has 0 aromatic heterocycles. The first kappa shape index (κ1) is 14.0. The van der Waals surface area contributed by atoms with Gasteiger partial charge < -0.3 is 10.2 Å². The van der Waals surface area contributed by atoms with Gasteiger partial charge in [-0.15, -0.1) is 0 Å². The van der Waals surface area contributed by atoms with Crippen LogP contribution in [0.15, 0.2) is 36.4 Å². The van der Waals surface area contributed by atoms with Crippen molar-refractivity contribution in [3.63, 3.8) is 0 Å². The Morgan fingerprint density at radius 2 is 1.74 bits per heavy atom. The molecular formula is C17H24N2. The van der Waals surface area contributed by atoms with Crippen LogP contribution in [-0.2, 0) is 6.42 Å². The number of aryl methyl sites for hydroxylation is 1. The van der Waals surface area contributed by atoms with E-state index in [2.05, 4.69) is 60.6 Å². The molecule has 0 amide bonds. The molecule has 2 nitrogen and oxygen atoms in total. The molecule has 1 N–H and O–H groups in total. The maximum absolute atomic E-state index is 3.18. The first-order valence-corrected chi connectivity index (χ1v) is 7.01. The van der Waals surface area contributed by atoms with Gasteiger partial charge in [-0.2, -0.15) is 0 Å². The molecule has 2 heteroatoms. The van der Waals surface area contributed by atoms with Crippen LogP contribution < -0.4 is 5.32 Å². The summed E-state index contributed by atoms with van der Waals surface area (Å²) in [6.07, 6.45) is 1.12. The first-order chi connectivity index (χ1) is 9.19. The molecule has 0 saturated heterocycles. The Kier molecular flexibility index (Phi) is 4.94. The highest BCUT2D eigenvalue weighted by Crippen LogP contribution is 2.18. The number of nitrogens with zero attached hydrogens (tertiary/aromatic N) is 1. The third-order valence-electron chi connectivity index (χ3n) is 3.59. The first-order valence-electron chi connectivity index (χ1n) is 7.01. The molecule has 0 fully saturated rings. The van der Waals surface area contributed by atoms with Crippen molar-refractivity contribution >= 4 is 10.8 Å². The predicted molar refractivity (Wildman–Crippen MR) is 83.8 cm³/mol. The Labute approximate surface area is 116 Å². The SMILES string of the molecule is CNCCN(C)CCc1ccc2cc(C)ccc2c1. The van der Waals surface area contributed by atoms with E-state index in [1.54, 1.807) is 0 Å². The number of benzene rings is 2. The Morgan fingerprint density at radius 1 is 1.00 bits per heavy atom. The van der Waals surface area contributed by atoms with Crippen LogP contribution in [0.25, 0.3) is 10.8 Å². The Morgan fingerprint density at radius 3 is 2.53 bits per heavy atom. The van der Waals surface area contributed by atoms with E-state index < -0.39 is 0 Å². The minimum Gasteiger partial charge on any atom is -0.318 e. The lowest BCUT2D eigenvalue weighted by Crippen LogP contribution is -2.29. The second-order valence-corrected chi connectivity index (χ2v) is 5.34. The molecule has 2 rings (SSSR count). The molecule has 2 aromatic carbocycles. The molecule has 0 heterocycles. The summed E-state index contributed by atoms with van der Waals surface area (Å²) in [6, 6.07) is 13.5. The van der Waals surface area contributed by atoms with Crippen molar-refractivity contribution in [1.82, 2.24) is 10.2 Å². The van der Waals surface area contributed by atoms with Crippen molar-refractivity contribution in [2.45, 2.75) is 13.3 Å². The zero-order valence-electron chi connectivity index (χ0n) is 12.2. The number of fused-ring (bicyclic) bond motifs is 1. The lowest BCUT2D eigenvalue weighted by Gasteiger charge is -2.16. The van der Waals surface area contributed by atoms with Gasteiger partial charge in [0.05, 0.1) is 0 Å². The van der Waals surface area contributed by atoms with Gasteiger partial charge >= 0.3 is 0 Å². The standard InChI is InChI=1S/C17H24N2/c1-14-4-6-17-13-15(5-7-16(17)12-14)8-10-19(3)11-9-18-2/h4-7,12-13,18H,8-11H2,1-3H3. The minimum atomic E-state index is 1.05. The van der Waals surface area contributed by atoms with Crippen LogP contribution in [-0.4, -0.2) is 38.6 Å². The lowest BCUT2D eigenvalue weighted by molar-refractivity contribution is 0.339. The predicted octanol–water partition coefficient (Wildman–Crippen LogP) is 2.84. The van der Waals surface area contributed by atoms with Gasteiger partial charge in [0, 0.05) is 19.6 Å². The average molecular weight is 256 g/mol. The number of likely N-dealkylation sites (N-methyl/N-ethyl adjacent to an activating group) is 2. The summed E-state index contributed by atoms with van der Waals surface area (Å²) in [4.78, 5) is 2.37. The highest BCUT2D eigenvalue weighted by atomic mass is 15.1. The Balaban J connectivity index is 1.99. The summed E-state index contributed by atoms with van der Waals surface area (Å²) in [5.41, 5.74) is 2.75. The molecule has 0 atom stereocenters. The molecule has 2 aromatic rings. The maximum Gasteiger partial charge on any atom is 0.0104 e. The van der Waals surface area contributed by atoms with Crippen molar-refractivity contribution in [1.29, 1.82) is 0 Å². The van der Waals surface area contributed by atoms with Crippen LogP contribution in [0, 0.1) is 6.92 Å². The smallest absolute Gasteiger partial charge is 0.0104 e. The third-order valence-corrected chi connectivity index (χ3v) is 3.59. The largest absolute Gasteiger partial charge is 0.318 e. The molecule has 0 aliphatic heterocycles. The number of rotatable bonds is 6. The molecular weight excluding hydrogens is 232 g/mol. The number of hydrogen-bond donors (Lipinski definition) is 1. The van der Waals surface area contributed by atoms with Crippen LogP contribution in [0.1, 0.15) is 11.1 Å². The van der Waals surface area contributed by atoms with E-state index >= 15 is 0 Å². The molecule has 0 saturated carbocycles. The quantitative estimate of drug-likeness (QED) is 0.855. The van der Waals surface area contributed by atoms with Gasteiger partial charge in [-0.3, -0.25) is 0 Å². The van der Waals surface area contributed by atoms with Crippen LogP contribution in [0.2, 0.25) is 0 Å². The fraction of sp³-hybridized carbons (Fsp3) is 0.412. The fourth-order valence-electron chi connectivity index (χ4n) is 2.30. The van der Waals surface area contributed by atoms with Crippen molar-refractivity contribution in [3.8, 4) is 0 Å². The maximum atomic E-state index is 3.18. The fourth-order valence-corrected chi connectivity index (χ4v) is 2.30. The van der Waals surface area contributed by atoms with Gasteiger partial charge in [-0.1, -0.05) is 42.0 Å². The summed E-state index contributed by atoms with van der Waals surface area (Å²) in [6.45, 7) is 5.40. The van der Waals surface area contributed by atoms with E-state index in [1.807, 2.05) is 7.05 Å². The topological polar surface area (TPSA) is 15.3 Å². The lowest BCUT2D eigenvalue weighted by atomic mass is 10.0. The number of nitrogens with one attached hydrogen (secondary N) is 1. The van der Waals surface area contributed by atoms with Gasteiger partial charge in [-0.25, -0.2) is 0 Å². The van der Waals surface area contributed by atoms with Crippen molar-refractivity contribution in [2.75, 3.05) is 33.7 Å². The second kappa shape index (κ2) is 6.69. The summed E-state index contributed by atoms with van der Waals surface area (Å²) in [5.74, 6) is 0. The van der Waals surface area contributed by atoms with Crippen LogP contribution >= 0.6 is 0 Å². The van der Waals surface area contributed by atoms with Gasteiger partial charge in [0.1, 0.15) is 0 Å². The van der Waals surface area contributed by atoms with Gasteiger partial charge in [-0.05, 0) is 43.8 Å². The summed E-state index contributed by atoms with van der Waals surface area (Å²) >= 11 is 0. The second-order valence-electron chi connectivity index (χ2n) is 5.34. The summed E-state index contributed by atoms with van der Waals surface area (Å²) in [7, 11) is 4.18. The average Bonchev–Trinajstić information content (AvgIpc) is 2.42. The molecule has 0 aliphatic carbocycles. The van der Waals surface area contributed by atoms with Gasteiger partial charge in [0.15, 0.2) is 0 Å². The minimum absolute atomic E-state index is 1.05. The molecule has 0 spiro atoms. The highest BCUT2D eigenvalue weighted by Gasteiger charge is 2.00. The zero-order valence-corrected chi connectivity index (χ0v) is 12.2. The van der Waals surface area contributed by atoms with E-state index in [9.17, 15) is 0 Å². The van der Waals surface area contributed by atoms with Crippen LogP contribution in [0.5, 0.6) is 0 Å². The van der Waals surface area contributed by atoms with E-state index in [0.717, 1.165) is 26.1 Å². The molecule has 0 bridgehead atoms. The Hall–Kier alpha value is -1.38. The monoisotopic (exact) mass is 256 g/mol. The summed E-state index contributed by atoms with van der Waals surface area (Å²) in [5, 5.41) is 5.87. The zero-order chi connectivity index (χ0) is 13.7. The normalized spacial score (nSPS) is 11.4. The van der Waals surface area contributed by atoms with Crippen molar-refractivity contribution in [3.05, 3.63) is 47.5 Å². The van der Waals surface area contributed by atoms with Gasteiger partial charge in [0.25, 0.3) is 0 Å². The highest BCUT2D eigenvalue weighted by molar-refractivity contribution is 5.83. The van der Waals surface area contributed by atoms with Gasteiger partial charge in [0.2, 0.25) is 0 Å². The van der Waals surface area contributed by atoms with Crippen LogP contribution in [0.4, 0.5) is 0 Å². The molecule has 102 valence electrons. The van der Waals surface area contributed by atoms with Crippen molar-refractivity contribution < 1.29 is 0 Å². The van der Waals surface area contributed by atoms with E-state index in [4.69, 9.17) is 0 Å². The van der Waals surface area contributed by atoms with Crippen LogP contribution in [0.3, 0.4) is 0 Å². The molecule has 19 heavy (non-hydrogen) atoms. The van der Waals surface area contributed by atoms with E-state index in [1.165, 1.54) is 21.9 Å². The van der Waals surface area contributed by atoms with Crippen molar-refractivity contribution in [2.24, 2.45) is 0 Å². The Bertz CT molecular complexity index is 534. The third kappa shape index (κ3) is 4.05.